The van der Waals surface area contributed by atoms with Crippen LogP contribution in [0.15, 0.2) is 12.1 Å². The maximum Gasteiger partial charge on any atom is 0.312 e. The third kappa shape index (κ3) is 3.28. The molecule has 3 N–H and O–H groups in total. The lowest BCUT2D eigenvalue weighted by Crippen LogP contribution is -2.25. The molecule has 0 saturated heterocycles. The largest absolute Gasteiger partial charge is 0.454 e. The number of hydrogen-bond donors (Lipinski definition) is 2. The molecule has 0 radical (unpaired) electrons. The topological polar surface area (TPSA) is 117 Å². The number of benzene rings is 1. The van der Waals surface area contributed by atoms with Gasteiger partial charge in [0.1, 0.15) is 5.82 Å². The van der Waals surface area contributed by atoms with Gasteiger partial charge in [-0.15, -0.1) is 0 Å². The molecule has 10 heteroatoms. The van der Waals surface area contributed by atoms with Crippen LogP contribution in [0.2, 0.25) is 0 Å². The van der Waals surface area contributed by atoms with Gasteiger partial charge in [-0.2, -0.15) is 14.4 Å². The maximum atomic E-state index is 13.7. The van der Waals surface area contributed by atoms with Crippen LogP contribution >= 0.6 is 0 Å². The van der Waals surface area contributed by atoms with Gasteiger partial charge in [0.05, 0.1) is 0 Å². The molecule has 1 amide bonds. The van der Waals surface area contributed by atoms with Crippen molar-refractivity contribution in [2.75, 3.05) is 19.1 Å². The Hall–Kier alpha value is -3.43. The number of nitrogens with one attached hydrogen (secondary N) is 1. The zero-order valence-electron chi connectivity index (χ0n) is 15.5. The van der Waals surface area contributed by atoms with Gasteiger partial charge in [0.25, 0.3) is 0 Å². The summed E-state index contributed by atoms with van der Waals surface area (Å²) in [6.45, 7) is 4.31. The van der Waals surface area contributed by atoms with E-state index in [4.69, 9.17) is 15.2 Å². The summed E-state index contributed by atoms with van der Waals surface area (Å²) in [6.07, 6.45) is -0.476. The molecule has 28 heavy (non-hydrogen) atoms. The van der Waals surface area contributed by atoms with Crippen LogP contribution < -0.4 is 20.5 Å². The molecule has 0 atom stereocenters. The predicted molar refractivity (Wildman–Crippen MR) is 98.5 cm³/mol. The number of imidazole rings is 1. The molecule has 0 unspecified atom stereocenters. The average molecular weight is 386 g/mol. The summed E-state index contributed by atoms with van der Waals surface area (Å²) in [6, 6.07) is 3.82. The van der Waals surface area contributed by atoms with Crippen molar-refractivity contribution in [2.24, 2.45) is 0 Å². The van der Waals surface area contributed by atoms with Crippen molar-refractivity contribution in [1.29, 1.82) is 0 Å². The highest BCUT2D eigenvalue weighted by molar-refractivity contribution is 5.82. The fraction of sp³-hybridized carbons (Fsp3) is 0.333. The number of ether oxygens (including phenoxy) is 2. The minimum atomic E-state index is -0.920. The predicted octanol–water partition coefficient (Wildman–Crippen LogP) is 1.31. The summed E-state index contributed by atoms with van der Waals surface area (Å²) < 4.78 is 26.3. The van der Waals surface area contributed by atoms with Crippen molar-refractivity contribution >= 4 is 22.9 Å². The second-order valence-corrected chi connectivity index (χ2v) is 6.52. The number of carbonyl (C=O) groups excluding carboxylic acids is 1. The lowest BCUT2D eigenvalue weighted by atomic mass is 10.0. The minimum absolute atomic E-state index is 0.0237. The number of nitrogens with two attached hydrogens (primary N) is 1. The summed E-state index contributed by atoms with van der Waals surface area (Å²) in [5, 5.41) is 2.72. The fourth-order valence-corrected chi connectivity index (χ4v) is 3.20. The van der Waals surface area contributed by atoms with Crippen molar-refractivity contribution < 1.29 is 18.7 Å². The first-order valence-electron chi connectivity index (χ1n) is 8.74. The Bertz CT molecular complexity index is 1080. The van der Waals surface area contributed by atoms with Crippen LogP contribution in [-0.2, 0) is 17.8 Å². The number of carbonyl (C=O) groups is 1. The number of amides is 1. The molecule has 2 aromatic heterocycles. The van der Waals surface area contributed by atoms with Gasteiger partial charge in [0.15, 0.2) is 28.5 Å². The summed E-state index contributed by atoms with van der Waals surface area (Å²) >= 11 is 0. The third-order valence-corrected chi connectivity index (χ3v) is 4.56. The zero-order chi connectivity index (χ0) is 19.8. The van der Waals surface area contributed by atoms with E-state index in [1.54, 1.807) is 4.57 Å². The summed E-state index contributed by atoms with van der Waals surface area (Å²) in [5.41, 5.74) is 8.45. The van der Waals surface area contributed by atoms with Crippen LogP contribution in [0.1, 0.15) is 23.9 Å². The molecule has 0 fully saturated rings. The van der Waals surface area contributed by atoms with Crippen molar-refractivity contribution in [3.8, 4) is 11.5 Å². The van der Waals surface area contributed by atoms with E-state index < -0.39 is 6.08 Å². The van der Waals surface area contributed by atoms with Crippen molar-refractivity contribution in [1.82, 2.24) is 24.8 Å². The van der Waals surface area contributed by atoms with Crippen LogP contribution in [0.4, 0.5) is 10.2 Å². The molecular weight excluding hydrogens is 367 g/mol. The summed E-state index contributed by atoms with van der Waals surface area (Å²) in [7, 11) is 0. The molecule has 4 rings (SSSR count). The van der Waals surface area contributed by atoms with Gasteiger partial charge in [-0.3, -0.25) is 4.79 Å². The van der Waals surface area contributed by atoms with E-state index in [9.17, 15) is 9.18 Å². The standard InChI is InChI=1S/C18H19FN6O3/c1-9-5-12-13(28-8-27-12)6-11(9)7-14-22-15-16(20)23-18(19)24-17(15)25(14)4-3-21-10(2)26/h5-6H,3-4,7-8H2,1-2H3,(H,21,26)(H2,20,23,24). The first-order chi connectivity index (χ1) is 13.4. The number of halogens is 1. The Labute approximate surface area is 159 Å². The van der Waals surface area contributed by atoms with Gasteiger partial charge in [0.2, 0.25) is 12.7 Å². The molecule has 0 bridgehead atoms. The van der Waals surface area contributed by atoms with Gasteiger partial charge in [-0.05, 0) is 30.2 Å². The maximum absolute atomic E-state index is 13.7. The Balaban J connectivity index is 1.75. The van der Waals surface area contributed by atoms with E-state index >= 15 is 0 Å². The second kappa shape index (κ2) is 6.95. The number of nitrogens with zero attached hydrogens (tertiary/aromatic N) is 4. The van der Waals surface area contributed by atoms with Crippen LogP contribution in [0, 0.1) is 13.0 Å². The van der Waals surface area contributed by atoms with E-state index in [1.807, 2.05) is 19.1 Å². The molecule has 146 valence electrons. The number of aryl methyl sites for hydroxylation is 1. The average Bonchev–Trinajstić information content (AvgIpc) is 3.20. The van der Waals surface area contributed by atoms with Crippen LogP contribution in [0.3, 0.4) is 0 Å². The summed E-state index contributed by atoms with van der Waals surface area (Å²) in [4.78, 5) is 23.2. The number of rotatable bonds is 5. The van der Waals surface area contributed by atoms with Crippen molar-refractivity contribution in [3.05, 3.63) is 35.2 Å². The molecule has 1 aliphatic heterocycles. The normalized spacial score (nSPS) is 12.5. The smallest absolute Gasteiger partial charge is 0.312 e. The molecule has 0 aliphatic carbocycles. The van der Waals surface area contributed by atoms with Gasteiger partial charge in [-0.1, -0.05) is 0 Å². The molecule has 0 saturated carbocycles. The third-order valence-electron chi connectivity index (χ3n) is 4.56. The van der Waals surface area contributed by atoms with E-state index in [0.29, 0.717) is 48.0 Å². The van der Waals surface area contributed by atoms with Crippen LogP contribution in [-0.4, -0.2) is 38.8 Å². The quantitative estimate of drug-likeness (QED) is 0.635. The lowest BCUT2D eigenvalue weighted by molar-refractivity contribution is -0.118. The first kappa shape index (κ1) is 18.0. The highest BCUT2D eigenvalue weighted by atomic mass is 19.1. The number of fused-ring (bicyclic) bond motifs is 2. The Kier molecular flexibility index (Phi) is 4.46. The first-order valence-corrected chi connectivity index (χ1v) is 8.74. The zero-order valence-corrected chi connectivity index (χ0v) is 15.5. The molecule has 9 nitrogen and oxygen atoms in total. The van der Waals surface area contributed by atoms with Gasteiger partial charge in [-0.25, -0.2) is 4.98 Å². The highest BCUT2D eigenvalue weighted by Gasteiger charge is 2.20. The molecular formula is C18H19FN6O3. The number of anilines is 1. The van der Waals surface area contributed by atoms with Crippen molar-refractivity contribution in [2.45, 2.75) is 26.8 Å². The van der Waals surface area contributed by atoms with Gasteiger partial charge >= 0.3 is 6.08 Å². The minimum Gasteiger partial charge on any atom is -0.454 e. The van der Waals surface area contributed by atoms with Gasteiger partial charge in [0, 0.05) is 26.4 Å². The lowest BCUT2D eigenvalue weighted by Gasteiger charge is -2.11. The van der Waals surface area contributed by atoms with E-state index in [2.05, 4.69) is 20.3 Å². The molecule has 0 spiro atoms. The van der Waals surface area contributed by atoms with E-state index in [0.717, 1.165) is 11.1 Å². The Morgan fingerprint density at radius 2 is 2.04 bits per heavy atom. The van der Waals surface area contributed by atoms with E-state index in [1.165, 1.54) is 6.92 Å². The Morgan fingerprint density at radius 3 is 2.79 bits per heavy atom. The Morgan fingerprint density at radius 1 is 1.29 bits per heavy atom. The monoisotopic (exact) mass is 386 g/mol. The van der Waals surface area contributed by atoms with Crippen molar-refractivity contribution in [3.63, 3.8) is 0 Å². The van der Waals surface area contributed by atoms with Crippen LogP contribution in [0.5, 0.6) is 11.5 Å². The van der Waals surface area contributed by atoms with E-state index in [-0.39, 0.29) is 18.5 Å². The molecule has 1 aromatic carbocycles. The fourth-order valence-electron chi connectivity index (χ4n) is 3.20. The van der Waals surface area contributed by atoms with Crippen LogP contribution in [0.25, 0.3) is 11.2 Å². The summed E-state index contributed by atoms with van der Waals surface area (Å²) in [5.74, 6) is 1.83. The molecule has 1 aliphatic rings. The molecule has 3 heterocycles. The number of aromatic nitrogens is 4. The number of hydrogen-bond acceptors (Lipinski definition) is 7. The second-order valence-electron chi connectivity index (χ2n) is 6.52. The molecule has 3 aromatic rings. The SMILES string of the molecule is CC(=O)NCCn1c(Cc2cc3c(cc2C)OCO3)nc2c(N)nc(F)nc21. The highest BCUT2D eigenvalue weighted by Crippen LogP contribution is 2.35. The number of nitrogen functional groups attached to an aromatic ring is 1. The van der Waals surface area contributed by atoms with Gasteiger partial charge < -0.3 is 25.1 Å².